The van der Waals surface area contributed by atoms with Crippen molar-refractivity contribution in [3.05, 3.63) is 0 Å². The molecule has 1 heterocycles. The molecule has 0 radical (unpaired) electrons. The third-order valence-electron chi connectivity index (χ3n) is 3.77. The van der Waals surface area contributed by atoms with Gasteiger partial charge in [0.05, 0.1) is 6.04 Å². The van der Waals surface area contributed by atoms with Crippen LogP contribution in [0.25, 0.3) is 0 Å². The van der Waals surface area contributed by atoms with E-state index in [1.165, 1.54) is 32.1 Å². The SMILES string of the molecule is NC1CNC(C(=O)NCC2CCCCC2)C1. The maximum Gasteiger partial charge on any atom is 0.237 e. The molecule has 2 unspecified atom stereocenters. The molecule has 16 heavy (non-hydrogen) atoms. The Kier molecular flexibility index (Phi) is 4.18. The lowest BCUT2D eigenvalue weighted by molar-refractivity contribution is -0.123. The number of hydrogen-bond acceptors (Lipinski definition) is 3. The number of hydrogen-bond donors (Lipinski definition) is 3. The van der Waals surface area contributed by atoms with Crippen LogP contribution in [0, 0.1) is 5.92 Å². The lowest BCUT2D eigenvalue weighted by atomic mass is 9.89. The zero-order chi connectivity index (χ0) is 11.4. The fourth-order valence-electron chi connectivity index (χ4n) is 2.72. The third kappa shape index (κ3) is 3.19. The van der Waals surface area contributed by atoms with Crippen LogP contribution in [-0.2, 0) is 4.79 Å². The molecule has 0 bridgehead atoms. The van der Waals surface area contributed by atoms with Gasteiger partial charge in [0.2, 0.25) is 5.91 Å². The summed E-state index contributed by atoms with van der Waals surface area (Å²) >= 11 is 0. The molecule has 4 N–H and O–H groups in total. The Morgan fingerprint density at radius 3 is 2.69 bits per heavy atom. The zero-order valence-corrected chi connectivity index (χ0v) is 9.87. The minimum atomic E-state index is -0.0569. The van der Waals surface area contributed by atoms with Crippen molar-refractivity contribution in [1.82, 2.24) is 10.6 Å². The Labute approximate surface area is 97.3 Å². The largest absolute Gasteiger partial charge is 0.354 e. The van der Waals surface area contributed by atoms with Gasteiger partial charge in [-0.15, -0.1) is 0 Å². The van der Waals surface area contributed by atoms with E-state index in [1.54, 1.807) is 0 Å². The summed E-state index contributed by atoms with van der Waals surface area (Å²) in [5.41, 5.74) is 5.76. The number of carbonyl (C=O) groups is 1. The second kappa shape index (κ2) is 5.64. The summed E-state index contributed by atoms with van der Waals surface area (Å²) in [7, 11) is 0. The van der Waals surface area contributed by atoms with Crippen LogP contribution in [0.1, 0.15) is 38.5 Å². The van der Waals surface area contributed by atoms with Crippen LogP contribution in [0.2, 0.25) is 0 Å². The van der Waals surface area contributed by atoms with Crippen molar-refractivity contribution in [3.63, 3.8) is 0 Å². The molecule has 2 fully saturated rings. The summed E-state index contributed by atoms with van der Waals surface area (Å²) in [5, 5.41) is 6.21. The number of rotatable bonds is 3. The summed E-state index contributed by atoms with van der Waals surface area (Å²) in [5.74, 6) is 0.839. The molecule has 92 valence electrons. The van der Waals surface area contributed by atoms with E-state index in [9.17, 15) is 4.79 Å². The van der Waals surface area contributed by atoms with E-state index in [0.29, 0.717) is 5.92 Å². The Bertz CT molecular complexity index is 238. The zero-order valence-electron chi connectivity index (χ0n) is 9.87. The van der Waals surface area contributed by atoms with Crippen LogP contribution < -0.4 is 16.4 Å². The third-order valence-corrected chi connectivity index (χ3v) is 3.77. The molecule has 4 nitrogen and oxygen atoms in total. The van der Waals surface area contributed by atoms with Gasteiger partial charge in [-0.2, -0.15) is 0 Å². The van der Waals surface area contributed by atoms with Gasteiger partial charge in [-0.05, 0) is 25.2 Å². The molecule has 0 aromatic carbocycles. The highest BCUT2D eigenvalue weighted by atomic mass is 16.2. The van der Waals surface area contributed by atoms with E-state index in [0.717, 1.165) is 19.5 Å². The molecule has 0 aromatic rings. The molecule has 2 rings (SSSR count). The smallest absolute Gasteiger partial charge is 0.237 e. The van der Waals surface area contributed by atoms with E-state index >= 15 is 0 Å². The molecular formula is C12H23N3O. The van der Waals surface area contributed by atoms with Gasteiger partial charge >= 0.3 is 0 Å². The topological polar surface area (TPSA) is 67.1 Å². The molecule has 1 aliphatic carbocycles. The van der Waals surface area contributed by atoms with E-state index in [1.807, 2.05) is 0 Å². The van der Waals surface area contributed by atoms with Crippen molar-refractivity contribution in [2.45, 2.75) is 50.6 Å². The molecule has 1 saturated carbocycles. The molecule has 2 atom stereocenters. The summed E-state index contributed by atoms with van der Waals surface area (Å²) in [6.45, 7) is 1.62. The number of nitrogens with one attached hydrogen (secondary N) is 2. The number of nitrogens with two attached hydrogens (primary N) is 1. The first-order valence-corrected chi connectivity index (χ1v) is 6.52. The summed E-state index contributed by atoms with van der Waals surface area (Å²) < 4.78 is 0. The van der Waals surface area contributed by atoms with Crippen molar-refractivity contribution in [3.8, 4) is 0 Å². The minimum absolute atomic E-state index is 0.0569. The molecule has 0 spiro atoms. The standard InChI is InChI=1S/C12H23N3O/c13-10-6-11(14-8-10)12(16)15-7-9-4-2-1-3-5-9/h9-11,14H,1-8,13H2,(H,15,16). The molecule has 2 aliphatic rings. The summed E-state index contributed by atoms with van der Waals surface area (Å²) in [6.07, 6.45) is 7.34. The molecule has 4 heteroatoms. The van der Waals surface area contributed by atoms with Crippen molar-refractivity contribution < 1.29 is 4.79 Å². The first kappa shape index (κ1) is 11.9. The highest BCUT2D eigenvalue weighted by Gasteiger charge is 2.27. The van der Waals surface area contributed by atoms with Crippen LogP contribution >= 0.6 is 0 Å². The monoisotopic (exact) mass is 225 g/mol. The quantitative estimate of drug-likeness (QED) is 0.650. The van der Waals surface area contributed by atoms with Crippen LogP contribution in [0.15, 0.2) is 0 Å². The van der Waals surface area contributed by atoms with Crippen molar-refractivity contribution in [2.24, 2.45) is 11.7 Å². The summed E-state index contributed by atoms with van der Waals surface area (Å²) in [6, 6.07) is 0.0871. The van der Waals surface area contributed by atoms with Gasteiger partial charge in [0.25, 0.3) is 0 Å². The average Bonchev–Trinajstić information content (AvgIpc) is 2.74. The predicted octanol–water partition coefficient (Wildman–Crippen LogP) is 0.372. The maximum absolute atomic E-state index is 11.8. The second-order valence-corrected chi connectivity index (χ2v) is 5.21. The van der Waals surface area contributed by atoms with E-state index < -0.39 is 0 Å². The predicted molar refractivity (Wildman–Crippen MR) is 64.0 cm³/mol. The molecule has 1 saturated heterocycles. The van der Waals surface area contributed by atoms with Gasteiger partial charge < -0.3 is 16.4 Å². The van der Waals surface area contributed by atoms with Gasteiger partial charge in [-0.3, -0.25) is 4.79 Å². The fourth-order valence-corrected chi connectivity index (χ4v) is 2.72. The van der Waals surface area contributed by atoms with Crippen molar-refractivity contribution in [1.29, 1.82) is 0 Å². The highest BCUT2D eigenvalue weighted by molar-refractivity contribution is 5.82. The molecule has 1 amide bonds. The Hall–Kier alpha value is -0.610. The second-order valence-electron chi connectivity index (χ2n) is 5.21. The first-order valence-electron chi connectivity index (χ1n) is 6.52. The molecule has 0 aromatic heterocycles. The van der Waals surface area contributed by atoms with Crippen molar-refractivity contribution >= 4 is 5.91 Å². The lowest BCUT2D eigenvalue weighted by Crippen LogP contribution is -2.42. The Morgan fingerprint density at radius 1 is 1.31 bits per heavy atom. The van der Waals surface area contributed by atoms with Gasteiger partial charge in [0.15, 0.2) is 0 Å². The summed E-state index contributed by atoms with van der Waals surface area (Å²) in [4.78, 5) is 11.8. The first-order chi connectivity index (χ1) is 7.75. The lowest BCUT2D eigenvalue weighted by Gasteiger charge is -2.22. The Morgan fingerprint density at radius 2 is 2.06 bits per heavy atom. The van der Waals surface area contributed by atoms with Gasteiger partial charge in [-0.25, -0.2) is 0 Å². The van der Waals surface area contributed by atoms with Crippen LogP contribution in [0.5, 0.6) is 0 Å². The van der Waals surface area contributed by atoms with Crippen LogP contribution in [0.3, 0.4) is 0 Å². The maximum atomic E-state index is 11.8. The van der Waals surface area contributed by atoms with Gasteiger partial charge in [0, 0.05) is 19.1 Å². The Balaban J connectivity index is 1.67. The van der Waals surface area contributed by atoms with Crippen LogP contribution in [-0.4, -0.2) is 31.1 Å². The minimum Gasteiger partial charge on any atom is -0.354 e. The van der Waals surface area contributed by atoms with E-state index in [-0.39, 0.29) is 18.0 Å². The normalized spacial score (nSPS) is 31.6. The number of amides is 1. The fraction of sp³-hybridized carbons (Fsp3) is 0.917. The van der Waals surface area contributed by atoms with Gasteiger partial charge in [-0.1, -0.05) is 19.3 Å². The van der Waals surface area contributed by atoms with E-state index in [2.05, 4.69) is 10.6 Å². The van der Waals surface area contributed by atoms with Gasteiger partial charge in [0.1, 0.15) is 0 Å². The molecule has 1 aliphatic heterocycles. The van der Waals surface area contributed by atoms with Crippen molar-refractivity contribution in [2.75, 3.05) is 13.1 Å². The molecular weight excluding hydrogens is 202 g/mol. The number of carbonyl (C=O) groups excluding carboxylic acids is 1. The average molecular weight is 225 g/mol. The van der Waals surface area contributed by atoms with E-state index in [4.69, 9.17) is 5.73 Å². The van der Waals surface area contributed by atoms with Crippen LogP contribution in [0.4, 0.5) is 0 Å². The highest BCUT2D eigenvalue weighted by Crippen LogP contribution is 2.22.